The van der Waals surface area contributed by atoms with E-state index in [0.717, 1.165) is 116 Å². The number of esters is 3. The van der Waals surface area contributed by atoms with Crippen molar-refractivity contribution in [3.63, 3.8) is 0 Å². The number of aliphatic hydroxyl groups is 10. The van der Waals surface area contributed by atoms with Crippen LogP contribution in [0, 0.1) is 0 Å². The van der Waals surface area contributed by atoms with Crippen LogP contribution in [0.2, 0.25) is 0 Å². The molecule has 3 fully saturated rings. The average Bonchev–Trinajstić information content (AvgIpc) is 0.761. The van der Waals surface area contributed by atoms with E-state index in [4.69, 9.17) is 42.2 Å². The summed E-state index contributed by atoms with van der Waals surface area (Å²) < 4.78 is 65.2. The summed E-state index contributed by atoms with van der Waals surface area (Å²) in [5.74, 6) is -1.98. The second kappa shape index (κ2) is 58.7. The van der Waals surface area contributed by atoms with E-state index in [9.17, 15) is 74.9 Å². The number of carbonyl (C=O) groups is 3. The first-order valence-electron chi connectivity index (χ1n) is 40.5. The van der Waals surface area contributed by atoms with Gasteiger partial charge in [0.1, 0.15) is 98.7 Å². The molecule has 24 nitrogen and oxygen atoms in total. The highest BCUT2D eigenvalue weighted by Gasteiger charge is 2.58. The molecule has 102 heavy (non-hydrogen) atoms. The lowest BCUT2D eigenvalue weighted by molar-refractivity contribution is -0.360. The van der Waals surface area contributed by atoms with Crippen molar-refractivity contribution in [3.8, 4) is 0 Å². The largest absolute Gasteiger partial charge is 0.472 e. The van der Waals surface area contributed by atoms with Gasteiger partial charge in [0, 0.05) is 19.3 Å². The van der Waals surface area contributed by atoms with Crippen molar-refractivity contribution in [2.24, 2.45) is 0 Å². The fraction of sp³-hybridized carbons (Fsp3) is 0.935. The highest BCUT2D eigenvalue weighted by atomic mass is 31.2. The Balaban J connectivity index is 1.70. The Morgan fingerprint density at radius 3 is 1.07 bits per heavy atom. The lowest BCUT2D eigenvalue weighted by atomic mass is 9.84. The summed E-state index contributed by atoms with van der Waals surface area (Å²) >= 11 is 0. The van der Waals surface area contributed by atoms with Gasteiger partial charge in [-0.1, -0.05) is 277 Å². The molecule has 600 valence electrons. The first-order chi connectivity index (χ1) is 49.3. The number of carbonyl (C=O) groups excluding carboxylic acids is 3. The van der Waals surface area contributed by atoms with Crippen LogP contribution in [0.3, 0.4) is 0 Å². The maximum absolute atomic E-state index is 14.4. The molecule has 25 heteroatoms. The van der Waals surface area contributed by atoms with Crippen LogP contribution >= 0.6 is 7.82 Å². The average molecular weight is 1480 g/mol. The topological polar surface area (TPSA) is 374 Å². The van der Waals surface area contributed by atoms with Crippen LogP contribution in [0.1, 0.15) is 329 Å². The second-order valence-electron chi connectivity index (χ2n) is 29.1. The number of hydrogen-bond donors (Lipinski definition) is 11. The maximum atomic E-state index is 14.4. The molecular weight excluding hydrogens is 1340 g/mol. The van der Waals surface area contributed by atoms with Crippen LogP contribution in [0.15, 0.2) is 12.2 Å². The molecule has 18 atom stereocenters. The quantitative estimate of drug-likeness (QED) is 0.00886. The fourth-order valence-electron chi connectivity index (χ4n) is 13.5. The van der Waals surface area contributed by atoms with Gasteiger partial charge >= 0.3 is 25.7 Å². The van der Waals surface area contributed by atoms with Gasteiger partial charge in [0.25, 0.3) is 0 Å². The molecule has 3 rings (SSSR count). The van der Waals surface area contributed by atoms with E-state index in [2.05, 4.69) is 32.9 Å². The Bertz CT molecular complexity index is 2150. The molecule has 1 aliphatic carbocycles. The van der Waals surface area contributed by atoms with Gasteiger partial charge in [-0.3, -0.25) is 23.4 Å². The van der Waals surface area contributed by atoms with Crippen molar-refractivity contribution in [1.29, 1.82) is 0 Å². The molecule has 2 saturated heterocycles. The van der Waals surface area contributed by atoms with Crippen LogP contribution in [0.25, 0.3) is 0 Å². The molecule has 0 amide bonds. The molecular formula is C77H143O24P. The zero-order valence-electron chi connectivity index (χ0n) is 62.9. The predicted molar refractivity (Wildman–Crippen MR) is 388 cm³/mol. The summed E-state index contributed by atoms with van der Waals surface area (Å²) in [6, 6.07) is 0. The third-order valence-electron chi connectivity index (χ3n) is 20.0. The van der Waals surface area contributed by atoms with Gasteiger partial charge in [-0.2, -0.15) is 0 Å². The molecule has 0 aromatic heterocycles. The smallest absolute Gasteiger partial charge is 0.463 e. The van der Waals surface area contributed by atoms with Crippen LogP contribution < -0.4 is 0 Å². The zero-order chi connectivity index (χ0) is 74.6. The third kappa shape index (κ3) is 40.8. The number of unbranched alkanes of at least 4 members (excludes halogenated alkanes) is 41. The number of allylic oxidation sites excluding steroid dienone is 2. The van der Waals surface area contributed by atoms with Crippen molar-refractivity contribution >= 4 is 25.7 Å². The number of rotatable bonds is 64. The van der Waals surface area contributed by atoms with Gasteiger partial charge in [0.05, 0.1) is 13.2 Å². The standard InChI is InChI=1S/C77H143O24P/c1-4-7-10-13-16-19-22-25-28-29-32-34-37-40-43-46-49-52-62(80)94-57-60-65(83)67(85)72(90)77(98-60)100-74-70(88)68(86)69(87)73(99-76-71(89)66(84)64(82)59(54-78)97-76)75(74)101-102(91,92)95-56-58(96-63(81)53-50-47-44-41-38-35-31-27-24-21-18-15-12-9-6-3)55-93-61(79)51-48-45-42-39-36-33-30-26-23-20-17-14-11-8-5-2/h20,23,58-60,64-78,82-90H,4-19,21-22,24-57H2,1-3H3,(H,91,92)/b23-20-. The molecule has 3 aliphatic rings. The molecule has 2 heterocycles. The fourth-order valence-corrected chi connectivity index (χ4v) is 14.4. The first-order valence-corrected chi connectivity index (χ1v) is 42.0. The zero-order valence-corrected chi connectivity index (χ0v) is 63.8. The first kappa shape index (κ1) is 93.9. The van der Waals surface area contributed by atoms with Crippen LogP contribution in [-0.4, -0.2) is 204 Å². The van der Waals surface area contributed by atoms with Crippen LogP contribution in [0.5, 0.6) is 0 Å². The molecule has 1 saturated carbocycles. The van der Waals surface area contributed by atoms with Crippen LogP contribution in [0.4, 0.5) is 0 Å². The predicted octanol–water partition coefficient (Wildman–Crippen LogP) is 12.3. The van der Waals surface area contributed by atoms with Gasteiger partial charge in [0.15, 0.2) is 18.7 Å². The number of hydrogen-bond acceptors (Lipinski definition) is 23. The van der Waals surface area contributed by atoms with Crippen molar-refractivity contribution in [2.45, 2.75) is 433 Å². The minimum absolute atomic E-state index is 0.0331. The SMILES string of the molecule is CCCCCC/C=C\CCCCCCCCCC(=O)OCC(COP(=O)(O)OC1C(OC2OC(CO)C(O)C(O)C2O)C(O)C(O)C(O)C1OC1OC(COC(=O)CCCCCCCCCCCCCCCCCCC)C(O)C(O)C1O)OC(=O)CCCCCCCCCCCCCCCCC. The van der Waals surface area contributed by atoms with E-state index in [0.29, 0.717) is 19.3 Å². The van der Waals surface area contributed by atoms with E-state index < -0.39 is 156 Å². The van der Waals surface area contributed by atoms with E-state index in [1.165, 1.54) is 154 Å². The Labute approximate surface area is 612 Å². The van der Waals surface area contributed by atoms with Crippen LogP contribution in [-0.2, 0) is 61.2 Å². The molecule has 0 radical (unpaired) electrons. The van der Waals surface area contributed by atoms with Crippen molar-refractivity contribution in [2.75, 3.05) is 26.4 Å². The summed E-state index contributed by atoms with van der Waals surface area (Å²) in [6.45, 7) is 3.48. The second-order valence-corrected chi connectivity index (χ2v) is 30.5. The molecule has 0 aromatic carbocycles. The van der Waals surface area contributed by atoms with Gasteiger partial charge in [-0.15, -0.1) is 0 Å². The van der Waals surface area contributed by atoms with Gasteiger partial charge in [0.2, 0.25) is 0 Å². The normalized spacial score (nSPS) is 27.0. The van der Waals surface area contributed by atoms with Gasteiger partial charge < -0.3 is 89.1 Å². The molecule has 2 aliphatic heterocycles. The number of ether oxygens (including phenoxy) is 7. The molecule has 0 spiro atoms. The van der Waals surface area contributed by atoms with Crippen molar-refractivity contribution in [1.82, 2.24) is 0 Å². The Kier molecular flexibility index (Phi) is 54.0. The Morgan fingerprint density at radius 1 is 0.373 bits per heavy atom. The van der Waals surface area contributed by atoms with Gasteiger partial charge in [-0.25, -0.2) is 4.57 Å². The summed E-state index contributed by atoms with van der Waals surface area (Å²) in [5.41, 5.74) is 0. The minimum Gasteiger partial charge on any atom is -0.463 e. The molecule has 18 unspecified atom stereocenters. The number of aliphatic hydroxyl groups excluding tert-OH is 10. The summed E-state index contributed by atoms with van der Waals surface area (Å²) in [6.07, 6.45) is 19.6. The monoisotopic (exact) mass is 1480 g/mol. The summed E-state index contributed by atoms with van der Waals surface area (Å²) in [7, 11) is -5.70. The Morgan fingerprint density at radius 2 is 0.686 bits per heavy atom. The third-order valence-corrected chi connectivity index (χ3v) is 21.0. The van der Waals surface area contributed by atoms with E-state index >= 15 is 0 Å². The lowest BCUT2D eigenvalue weighted by Gasteiger charge is -2.49. The number of phosphoric ester groups is 1. The minimum atomic E-state index is -5.70. The molecule has 0 bridgehead atoms. The van der Waals surface area contributed by atoms with Crippen molar-refractivity contribution in [3.05, 3.63) is 12.2 Å². The van der Waals surface area contributed by atoms with E-state index in [-0.39, 0.29) is 19.3 Å². The molecule has 11 N–H and O–H groups in total. The highest BCUT2D eigenvalue weighted by Crippen LogP contribution is 2.49. The highest BCUT2D eigenvalue weighted by molar-refractivity contribution is 7.47. The number of phosphoric acid groups is 1. The van der Waals surface area contributed by atoms with Gasteiger partial charge in [-0.05, 0) is 44.9 Å². The summed E-state index contributed by atoms with van der Waals surface area (Å²) in [4.78, 5) is 51.1. The molecule has 0 aromatic rings. The lowest BCUT2D eigenvalue weighted by Crippen LogP contribution is -2.69. The van der Waals surface area contributed by atoms with E-state index in [1.807, 2.05) is 0 Å². The van der Waals surface area contributed by atoms with Crippen molar-refractivity contribution < 1.29 is 117 Å². The Hall–Kier alpha value is -2.30. The van der Waals surface area contributed by atoms with E-state index in [1.54, 1.807) is 0 Å². The summed E-state index contributed by atoms with van der Waals surface area (Å²) in [5, 5.41) is 110. The maximum Gasteiger partial charge on any atom is 0.472 e.